The molecule has 0 spiro atoms. The first-order valence-electron chi connectivity index (χ1n) is 4.42. The first-order chi connectivity index (χ1) is 4.57. The molecule has 0 aromatic heterocycles. The second-order valence-corrected chi connectivity index (χ2v) is 3.68. The number of hydrogen-bond acceptors (Lipinski definition) is 0. The number of rotatable bonds is 4. The minimum absolute atomic E-state index is 0.773. The van der Waals surface area contributed by atoms with Crippen LogP contribution >= 0.6 is 0 Å². The van der Waals surface area contributed by atoms with E-state index in [1.165, 1.54) is 6.42 Å². The summed E-state index contributed by atoms with van der Waals surface area (Å²) in [5, 5.41) is 0. The summed E-state index contributed by atoms with van der Waals surface area (Å²) in [4.78, 5) is 0. The van der Waals surface area contributed by atoms with Crippen LogP contribution in [0.25, 0.3) is 0 Å². The average molecular weight is 141 g/mol. The van der Waals surface area contributed by atoms with Crippen molar-refractivity contribution in [2.75, 3.05) is 0 Å². The van der Waals surface area contributed by atoms with Gasteiger partial charge in [0.15, 0.2) is 0 Å². The first-order valence-corrected chi connectivity index (χ1v) is 4.42. The van der Waals surface area contributed by atoms with Crippen molar-refractivity contribution in [3.05, 3.63) is 6.42 Å². The molecule has 2 atom stereocenters. The Kier molecular flexibility index (Phi) is 4.76. The predicted molar refractivity (Wildman–Crippen MR) is 47.8 cm³/mol. The van der Waals surface area contributed by atoms with Gasteiger partial charge in [-0.2, -0.15) is 0 Å². The predicted octanol–water partition coefficient (Wildman–Crippen LogP) is 3.53. The molecule has 0 saturated heterocycles. The molecule has 0 amide bonds. The number of hydrogen-bond donors (Lipinski definition) is 0. The molecule has 0 aromatic carbocycles. The highest BCUT2D eigenvalue weighted by atomic mass is 14.2. The van der Waals surface area contributed by atoms with Gasteiger partial charge in [0, 0.05) is 0 Å². The molecule has 0 aliphatic carbocycles. The monoisotopic (exact) mass is 141 g/mol. The molecule has 0 N–H and O–H groups in total. The van der Waals surface area contributed by atoms with E-state index in [9.17, 15) is 0 Å². The zero-order valence-corrected chi connectivity index (χ0v) is 8.02. The van der Waals surface area contributed by atoms with Gasteiger partial charge in [0.2, 0.25) is 0 Å². The molecule has 0 heteroatoms. The summed E-state index contributed by atoms with van der Waals surface area (Å²) in [5.74, 6) is 2.36. The average Bonchev–Trinajstić information content (AvgIpc) is 1.87. The lowest BCUT2D eigenvalue weighted by Crippen LogP contribution is -2.09. The molecule has 0 rings (SSSR count). The Hall–Kier alpha value is 0. The summed E-state index contributed by atoms with van der Waals surface area (Å²) in [6, 6.07) is 0. The Morgan fingerprint density at radius 2 is 1.60 bits per heavy atom. The topological polar surface area (TPSA) is 0 Å². The van der Waals surface area contributed by atoms with Crippen molar-refractivity contribution in [3.63, 3.8) is 0 Å². The van der Waals surface area contributed by atoms with Crippen molar-refractivity contribution >= 4 is 0 Å². The van der Waals surface area contributed by atoms with Gasteiger partial charge in [-0.05, 0) is 24.2 Å². The van der Waals surface area contributed by atoms with Crippen molar-refractivity contribution < 1.29 is 0 Å². The highest BCUT2D eigenvalue weighted by molar-refractivity contribution is 4.79. The minimum atomic E-state index is 0.773. The fraction of sp³-hybridized carbons (Fsp3) is 0.900. The molecule has 0 nitrogen and oxygen atoms in total. The zero-order valence-electron chi connectivity index (χ0n) is 8.02. The Morgan fingerprint density at radius 1 is 1.10 bits per heavy atom. The summed E-state index contributed by atoms with van der Waals surface area (Å²) in [7, 11) is 0. The van der Waals surface area contributed by atoms with Crippen molar-refractivity contribution in [3.8, 4) is 0 Å². The normalized spacial score (nSPS) is 17.4. The fourth-order valence-corrected chi connectivity index (χ4v) is 0.877. The highest BCUT2D eigenvalue weighted by Crippen LogP contribution is 2.19. The van der Waals surface area contributed by atoms with Gasteiger partial charge in [0.1, 0.15) is 0 Å². The van der Waals surface area contributed by atoms with Crippen LogP contribution < -0.4 is 0 Å². The van der Waals surface area contributed by atoms with Crippen molar-refractivity contribution in [1.82, 2.24) is 0 Å². The van der Waals surface area contributed by atoms with Crippen LogP contribution in [0, 0.1) is 24.2 Å². The molecule has 0 fully saturated rings. The van der Waals surface area contributed by atoms with E-state index in [0.717, 1.165) is 17.8 Å². The molecule has 2 unspecified atom stereocenters. The summed E-state index contributed by atoms with van der Waals surface area (Å²) in [5.41, 5.74) is 0. The van der Waals surface area contributed by atoms with E-state index in [4.69, 9.17) is 0 Å². The zero-order chi connectivity index (χ0) is 8.15. The second-order valence-electron chi connectivity index (χ2n) is 3.68. The highest BCUT2D eigenvalue weighted by Gasteiger charge is 2.10. The molecular weight excluding hydrogens is 120 g/mol. The van der Waals surface area contributed by atoms with E-state index in [2.05, 4.69) is 41.0 Å². The quantitative estimate of drug-likeness (QED) is 0.562. The second kappa shape index (κ2) is 4.76. The van der Waals surface area contributed by atoms with E-state index in [1.807, 2.05) is 0 Å². The minimum Gasteiger partial charge on any atom is -0.0651 e. The summed E-state index contributed by atoms with van der Waals surface area (Å²) in [6.07, 6.45) is 3.74. The molecule has 1 radical (unpaired) electrons. The van der Waals surface area contributed by atoms with Crippen molar-refractivity contribution in [1.29, 1.82) is 0 Å². The Labute approximate surface area is 66.0 Å². The van der Waals surface area contributed by atoms with Gasteiger partial charge in [-0.1, -0.05) is 41.0 Å². The van der Waals surface area contributed by atoms with Gasteiger partial charge >= 0.3 is 0 Å². The Balaban J connectivity index is 3.46. The summed E-state index contributed by atoms with van der Waals surface area (Å²) < 4.78 is 0. The maximum Gasteiger partial charge on any atom is -0.0327 e. The van der Waals surface area contributed by atoms with Crippen LogP contribution in [0.15, 0.2) is 0 Å². The van der Waals surface area contributed by atoms with Gasteiger partial charge in [0.25, 0.3) is 0 Å². The van der Waals surface area contributed by atoms with Gasteiger partial charge < -0.3 is 0 Å². The Bertz CT molecular complexity index is 74.1. The standard InChI is InChI=1S/C10H21/c1-6-9(4)7-10(5)8(2)3/h7-10H,6H2,1-5H3. The Morgan fingerprint density at radius 3 is 1.90 bits per heavy atom. The molecule has 0 bridgehead atoms. The molecule has 0 saturated carbocycles. The van der Waals surface area contributed by atoms with Crippen LogP contribution in [-0.4, -0.2) is 0 Å². The largest absolute Gasteiger partial charge is 0.0651 e. The van der Waals surface area contributed by atoms with Crippen LogP contribution in [0.1, 0.15) is 41.0 Å². The first kappa shape index (κ1) is 10.0. The maximum atomic E-state index is 2.46. The third kappa shape index (κ3) is 3.92. The molecule has 10 heavy (non-hydrogen) atoms. The van der Waals surface area contributed by atoms with E-state index < -0.39 is 0 Å². The third-order valence-electron chi connectivity index (χ3n) is 2.33. The van der Waals surface area contributed by atoms with Gasteiger partial charge in [0.05, 0.1) is 0 Å². The molecule has 61 valence electrons. The molecule has 0 aromatic rings. The van der Waals surface area contributed by atoms with Crippen molar-refractivity contribution in [2.24, 2.45) is 17.8 Å². The lowest BCUT2D eigenvalue weighted by Gasteiger charge is -2.18. The van der Waals surface area contributed by atoms with Gasteiger partial charge in [-0.3, -0.25) is 0 Å². The van der Waals surface area contributed by atoms with E-state index in [0.29, 0.717) is 0 Å². The third-order valence-corrected chi connectivity index (χ3v) is 2.33. The lowest BCUT2D eigenvalue weighted by atomic mass is 9.88. The SMILES string of the molecule is CCC(C)[CH]C(C)C(C)C. The van der Waals surface area contributed by atoms with Gasteiger partial charge in [-0.25, -0.2) is 0 Å². The van der Waals surface area contributed by atoms with Crippen LogP contribution in [0.2, 0.25) is 0 Å². The van der Waals surface area contributed by atoms with E-state index >= 15 is 0 Å². The van der Waals surface area contributed by atoms with Crippen molar-refractivity contribution in [2.45, 2.75) is 41.0 Å². The molecular formula is C10H21. The summed E-state index contributed by atoms with van der Waals surface area (Å²) in [6.45, 7) is 11.4. The lowest BCUT2D eigenvalue weighted by molar-refractivity contribution is 0.422. The molecule has 0 aliphatic heterocycles. The van der Waals surface area contributed by atoms with E-state index in [-0.39, 0.29) is 0 Å². The van der Waals surface area contributed by atoms with Crippen LogP contribution in [0.5, 0.6) is 0 Å². The van der Waals surface area contributed by atoms with Gasteiger partial charge in [-0.15, -0.1) is 0 Å². The van der Waals surface area contributed by atoms with Crippen LogP contribution in [0.3, 0.4) is 0 Å². The van der Waals surface area contributed by atoms with Crippen LogP contribution in [0.4, 0.5) is 0 Å². The fourth-order valence-electron chi connectivity index (χ4n) is 0.877. The van der Waals surface area contributed by atoms with E-state index in [1.54, 1.807) is 0 Å². The smallest absolute Gasteiger partial charge is 0.0327 e. The van der Waals surface area contributed by atoms with Crippen LogP contribution in [-0.2, 0) is 0 Å². The summed E-state index contributed by atoms with van der Waals surface area (Å²) >= 11 is 0. The maximum absolute atomic E-state index is 2.46. The molecule has 0 heterocycles. The molecule has 0 aliphatic rings.